The molecule has 0 saturated heterocycles. The molecule has 1 N–H and O–H groups in total. The minimum Gasteiger partial charge on any atom is -0.466 e. The number of hydrogen-bond acceptors (Lipinski definition) is 2. The molecule has 100 valence electrons. The van der Waals surface area contributed by atoms with Gasteiger partial charge in [-0.1, -0.05) is 6.42 Å². The van der Waals surface area contributed by atoms with Gasteiger partial charge in [0.15, 0.2) is 0 Å². The number of aryl methyl sites for hydroxylation is 2. The number of furan rings is 1. The Kier molecular flexibility index (Phi) is 3.23. The molecular weight excluding hydrogens is 222 g/mol. The number of nitrogens with one attached hydrogen (secondary N) is 1. The van der Waals surface area contributed by atoms with Crippen LogP contribution in [0.25, 0.3) is 0 Å². The van der Waals surface area contributed by atoms with Gasteiger partial charge in [-0.05, 0) is 70.4 Å². The van der Waals surface area contributed by atoms with Crippen molar-refractivity contribution in [1.29, 1.82) is 0 Å². The smallest absolute Gasteiger partial charge is 0.105 e. The van der Waals surface area contributed by atoms with E-state index >= 15 is 0 Å². The van der Waals surface area contributed by atoms with Crippen LogP contribution in [-0.4, -0.2) is 6.54 Å². The lowest BCUT2D eigenvalue weighted by Crippen LogP contribution is -2.28. The summed E-state index contributed by atoms with van der Waals surface area (Å²) in [6.45, 7) is 7.54. The predicted molar refractivity (Wildman–Crippen MR) is 73.5 cm³/mol. The standard InChI is InChI=1S/C16H25NO/c1-10-6-16(12(3)18-10)11(2)17-9-15-8-13-4-5-14(15)7-13/h6,11,13-15,17H,4-5,7-9H2,1-3H3. The van der Waals surface area contributed by atoms with Crippen LogP contribution in [0.15, 0.2) is 10.5 Å². The molecule has 0 amide bonds. The zero-order valence-corrected chi connectivity index (χ0v) is 11.8. The average molecular weight is 247 g/mol. The van der Waals surface area contributed by atoms with E-state index in [0.29, 0.717) is 6.04 Å². The molecule has 2 aliphatic rings. The SMILES string of the molecule is Cc1cc(C(C)NCC2CC3CCC2C3)c(C)o1. The van der Waals surface area contributed by atoms with Crippen molar-refractivity contribution in [3.05, 3.63) is 23.2 Å². The van der Waals surface area contributed by atoms with Gasteiger partial charge in [-0.2, -0.15) is 0 Å². The van der Waals surface area contributed by atoms with Crippen LogP contribution in [0.1, 0.15) is 55.7 Å². The normalized spacial score (nSPS) is 32.1. The Bertz CT molecular complexity index is 423. The Labute approximate surface area is 110 Å². The van der Waals surface area contributed by atoms with Crippen LogP contribution in [0, 0.1) is 31.6 Å². The van der Waals surface area contributed by atoms with Gasteiger partial charge in [-0.3, -0.25) is 0 Å². The van der Waals surface area contributed by atoms with Crippen LogP contribution >= 0.6 is 0 Å². The van der Waals surface area contributed by atoms with Crippen molar-refractivity contribution < 1.29 is 4.42 Å². The third-order valence-corrected chi connectivity index (χ3v) is 5.12. The first-order chi connectivity index (χ1) is 8.63. The van der Waals surface area contributed by atoms with E-state index in [-0.39, 0.29) is 0 Å². The summed E-state index contributed by atoms with van der Waals surface area (Å²) >= 11 is 0. The third kappa shape index (κ3) is 2.23. The number of rotatable bonds is 4. The van der Waals surface area contributed by atoms with Crippen molar-refractivity contribution in [3.8, 4) is 0 Å². The Balaban J connectivity index is 1.55. The summed E-state index contributed by atoms with van der Waals surface area (Å²) in [6.07, 6.45) is 5.95. The van der Waals surface area contributed by atoms with Crippen molar-refractivity contribution in [2.75, 3.05) is 6.54 Å². The Hall–Kier alpha value is -0.760. The molecule has 1 aromatic rings. The van der Waals surface area contributed by atoms with Crippen LogP contribution in [0.4, 0.5) is 0 Å². The summed E-state index contributed by atoms with van der Waals surface area (Å²) in [5.74, 6) is 5.09. The Morgan fingerprint density at radius 2 is 2.17 bits per heavy atom. The molecule has 0 aliphatic heterocycles. The molecule has 0 radical (unpaired) electrons. The fraction of sp³-hybridized carbons (Fsp3) is 0.750. The lowest BCUT2D eigenvalue weighted by molar-refractivity contribution is 0.309. The fourth-order valence-corrected chi connectivity index (χ4v) is 4.14. The maximum atomic E-state index is 5.62. The molecule has 3 rings (SSSR count). The highest BCUT2D eigenvalue weighted by Gasteiger charge is 2.39. The van der Waals surface area contributed by atoms with Crippen molar-refractivity contribution in [2.45, 2.75) is 52.5 Å². The lowest BCUT2D eigenvalue weighted by Gasteiger charge is -2.24. The summed E-state index contributed by atoms with van der Waals surface area (Å²) in [4.78, 5) is 0. The topological polar surface area (TPSA) is 25.2 Å². The van der Waals surface area contributed by atoms with Gasteiger partial charge in [0.25, 0.3) is 0 Å². The molecule has 1 aromatic heterocycles. The van der Waals surface area contributed by atoms with Crippen LogP contribution in [-0.2, 0) is 0 Å². The first kappa shape index (κ1) is 12.3. The van der Waals surface area contributed by atoms with E-state index in [1.165, 1.54) is 37.8 Å². The number of fused-ring (bicyclic) bond motifs is 2. The van der Waals surface area contributed by atoms with Gasteiger partial charge in [0.2, 0.25) is 0 Å². The third-order valence-electron chi connectivity index (χ3n) is 5.12. The second-order valence-corrected chi connectivity index (χ2v) is 6.43. The maximum Gasteiger partial charge on any atom is 0.105 e. The van der Waals surface area contributed by atoms with Crippen LogP contribution in [0.5, 0.6) is 0 Å². The van der Waals surface area contributed by atoms with E-state index in [9.17, 15) is 0 Å². The van der Waals surface area contributed by atoms with Gasteiger partial charge in [0, 0.05) is 11.6 Å². The van der Waals surface area contributed by atoms with Crippen molar-refractivity contribution in [3.63, 3.8) is 0 Å². The Morgan fingerprint density at radius 1 is 1.33 bits per heavy atom. The maximum absolute atomic E-state index is 5.62. The van der Waals surface area contributed by atoms with Gasteiger partial charge in [0.1, 0.15) is 11.5 Å². The average Bonchev–Trinajstić information content (AvgIpc) is 3.01. The molecule has 2 heteroatoms. The van der Waals surface area contributed by atoms with Crippen LogP contribution in [0.3, 0.4) is 0 Å². The van der Waals surface area contributed by atoms with E-state index in [2.05, 4.69) is 25.2 Å². The lowest BCUT2D eigenvalue weighted by atomic mass is 9.88. The minimum absolute atomic E-state index is 0.418. The monoisotopic (exact) mass is 247 g/mol. The van der Waals surface area contributed by atoms with Gasteiger partial charge in [-0.15, -0.1) is 0 Å². The second kappa shape index (κ2) is 4.73. The molecule has 2 fully saturated rings. The summed E-state index contributed by atoms with van der Waals surface area (Å²) < 4.78 is 5.62. The zero-order chi connectivity index (χ0) is 12.7. The largest absolute Gasteiger partial charge is 0.466 e. The predicted octanol–water partition coefficient (Wildman–Crippen LogP) is 3.98. The molecule has 1 heterocycles. The summed E-state index contributed by atoms with van der Waals surface area (Å²) in [7, 11) is 0. The molecule has 0 spiro atoms. The molecular formula is C16H25NO. The second-order valence-electron chi connectivity index (χ2n) is 6.43. The van der Waals surface area contributed by atoms with E-state index in [1.54, 1.807) is 0 Å². The van der Waals surface area contributed by atoms with E-state index < -0.39 is 0 Å². The summed E-state index contributed by atoms with van der Waals surface area (Å²) in [5, 5.41) is 3.72. The van der Waals surface area contributed by atoms with Crippen molar-refractivity contribution in [1.82, 2.24) is 5.32 Å². The van der Waals surface area contributed by atoms with Crippen LogP contribution < -0.4 is 5.32 Å². The molecule has 4 atom stereocenters. The number of hydrogen-bond donors (Lipinski definition) is 1. The van der Waals surface area contributed by atoms with E-state index in [1.807, 2.05) is 6.92 Å². The van der Waals surface area contributed by atoms with E-state index in [0.717, 1.165) is 29.3 Å². The van der Waals surface area contributed by atoms with Crippen LogP contribution in [0.2, 0.25) is 0 Å². The first-order valence-corrected chi connectivity index (χ1v) is 7.43. The van der Waals surface area contributed by atoms with Gasteiger partial charge < -0.3 is 9.73 Å². The fourth-order valence-electron chi connectivity index (χ4n) is 4.14. The molecule has 0 aromatic carbocycles. The molecule has 2 bridgehead atoms. The summed E-state index contributed by atoms with van der Waals surface area (Å²) in [6, 6.07) is 2.59. The van der Waals surface area contributed by atoms with Crippen molar-refractivity contribution in [2.24, 2.45) is 17.8 Å². The van der Waals surface area contributed by atoms with Gasteiger partial charge in [-0.25, -0.2) is 0 Å². The minimum atomic E-state index is 0.418. The Morgan fingerprint density at radius 3 is 2.72 bits per heavy atom. The van der Waals surface area contributed by atoms with Gasteiger partial charge in [0.05, 0.1) is 0 Å². The molecule has 2 nitrogen and oxygen atoms in total. The first-order valence-electron chi connectivity index (χ1n) is 7.43. The highest BCUT2D eigenvalue weighted by molar-refractivity contribution is 5.23. The van der Waals surface area contributed by atoms with E-state index in [4.69, 9.17) is 4.42 Å². The molecule has 2 saturated carbocycles. The zero-order valence-electron chi connectivity index (χ0n) is 11.8. The highest BCUT2D eigenvalue weighted by Crippen LogP contribution is 2.48. The molecule has 18 heavy (non-hydrogen) atoms. The van der Waals surface area contributed by atoms with Gasteiger partial charge >= 0.3 is 0 Å². The molecule has 2 aliphatic carbocycles. The van der Waals surface area contributed by atoms with Crippen molar-refractivity contribution >= 4 is 0 Å². The highest BCUT2D eigenvalue weighted by atomic mass is 16.3. The quantitative estimate of drug-likeness (QED) is 0.870. The molecule has 4 unspecified atom stereocenters. The summed E-state index contributed by atoms with van der Waals surface area (Å²) in [5.41, 5.74) is 1.33.